The lowest BCUT2D eigenvalue weighted by Gasteiger charge is -2.09. The number of nitrogens with one attached hydrogen (secondary N) is 1. The van der Waals surface area contributed by atoms with Crippen molar-refractivity contribution in [2.75, 3.05) is 5.32 Å². The maximum absolute atomic E-state index is 12.6. The number of carbonyl (C=O) groups is 2. The van der Waals surface area contributed by atoms with Gasteiger partial charge in [0.15, 0.2) is 0 Å². The van der Waals surface area contributed by atoms with Crippen molar-refractivity contribution in [2.45, 2.75) is 25.6 Å². The standard InChI is InChI=1S/C12H15FN2O3/c13-7-8-3-1-2-4-10(8)15-11(16)6-5-9(14)12(17)18/h1-4,9H,5-7,14H2,(H,15,16)(H,17,18)/t9-/m0/s1. The predicted molar refractivity (Wildman–Crippen MR) is 64.7 cm³/mol. The van der Waals surface area contributed by atoms with Crippen molar-refractivity contribution in [3.05, 3.63) is 29.8 Å². The first-order valence-electron chi connectivity index (χ1n) is 5.46. The SMILES string of the molecule is N[C@@H](CCC(=O)Nc1ccccc1CF)C(=O)O. The summed E-state index contributed by atoms with van der Waals surface area (Å²) in [6, 6.07) is 5.44. The molecule has 1 amide bonds. The van der Waals surface area contributed by atoms with Crippen LogP contribution >= 0.6 is 0 Å². The van der Waals surface area contributed by atoms with E-state index in [9.17, 15) is 14.0 Å². The second-order valence-corrected chi connectivity index (χ2v) is 3.82. The van der Waals surface area contributed by atoms with Crippen molar-refractivity contribution in [1.29, 1.82) is 0 Å². The normalized spacial score (nSPS) is 11.9. The van der Waals surface area contributed by atoms with Crippen LogP contribution in [0.4, 0.5) is 10.1 Å². The van der Waals surface area contributed by atoms with Crippen molar-refractivity contribution in [1.82, 2.24) is 0 Å². The number of alkyl halides is 1. The molecule has 5 nitrogen and oxygen atoms in total. The van der Waals surface area contributed by atoms with Gasteiger partial charge < -0.3 is 16.2 Å². The van der Waals surface area contributed by atoms with Crippen LogP contribution < -0.4 is 11.1 Å². The van der Waals surface area contributed by atoms with Crippen molar-refractivity contribution in [3.8, 4) is 0 Å². The zero-order valence-electron chi connectivity index (χ0n) is 9.73. The lowest BCUT2D eigenvalue weighted by Crippen LogP contribution is -2.31. The molecule has 0 saturated heterocycles. The van der Waals surface area contributed by atoms with Crippen LogP contribution in [0.1, 0.15) is 18.4 Å². The van der Waals surface area contributed by atoms with Crippen LogP contribution in [0.2, 0.25) is 0 Å². The van der Waals surface area contributed by atoms with Crippen molar-refractivity contribution in [2.24, 2.45) is 5.73 Å². The average Bonchev–Trinajstić information content (AvgIpc) is 2.36. The third-order valence-corrected chi connectivity index (χ3v) is 2.44. The zero-order chi connectivity index (χ0) is 13.5. The summed E-state index contributed by atoms with van der Waals surface area (Å²) >= 11 is 0. The molecule has 0 saturated carbocycles. The lowest BCUT2D eigenvalue weighted by atomic mass is 10.1. The zero-order valence-corrected chi connectivity index (χ0v) is 9.73. The highest BCUT2D eigenvalue weighted by Gasteiger charge is 2.14. The molecule has 18 heavy (non-hydrogen) atoms. The van der Waals surface area contributed by atoms with Crippen LogP contribution in [0.25, 0.3) is 0 Å². The molecule has 6 heteroatoms. The van der Waals surface area contributed by atoms with E-state index in [4.69, 9.17) is 10.8 Å². The van der Waals surface area contributed by atoms with E-state index in [0.29, 0.717) is 11.3 Å². The summed E-state index contributed by atoms with van der Waals surface area (Å²) in [6.45, 7) is -0.676. The number of carboxylic acid groups (broad SMARTS) is 1. The third-order valence-electron chi connectivity index (χ3n) is 2.44. The fourth-order valence-corrected chi connectivity index (χ4v) is 1.38. The van der Waals surface area contributed by atoms with Gasteiger partial charge in [-0.15, -0.1) is 0 Å². The summed E-state index contributed by atoms with van der Waals surface area (Å²) in [6.07, 6.45) is 0.0209. The number of hydrogen-bond donors (Lipinski definition) is 3. The summed E-state index contributed by atoms with van der Waals surface area (Å²) in [5, 5.41) is 11.1. The number of amides is 1. The average molecular weight is 254 g/mol. The molecule has 0 aliphatic carbocycles. The molecule has 1 rings (SSSR count). The Morgan fingerprint density at radius 1 is 1.39 bits per heavy atom. The molecule has 0 spiro atoms. The second-order valence-electron chi connectivity index (χ2n) is 3.82. The van der Waals surface area contributed by atoms with Crippen LogP contribution in [0.5, 0.6) is 0 Å². The van der Waals surface area contributed by atoms with E-state index in [-0.39, 0.29) is 18.7 Å². The minimum absolute atomic E-state index is 0.0198. The number of hydrogen-bond acceptors (Lipinski definition) is 3. The Hall–Kier alpha value is -1.95. The predicted octanol–water partition coefficient (Wildman–Crippen LogP) is 1.29. The fourth-order valence-electron chi connectivity index (χ4n) is 1.38. The maximum Gasteiger partial charge on any atom is 0.320 e. The van der Waals surface area contributed by atoms with Gasteiger partial charge in [0.2, 0.25) is 5.91 Å². The first-order valence-corrected chi connectivity index (χ1v) is 5.46. The van der Waals surface area contributed by atoms with E-state index in [1.807, 2.05) is 0 Å². The van der Waals surface area contributed by atoms with Gasteiger partial charge in [-0.1, -0.05) is 18.2 Å². The molecule has 0 aliphatic heterocycles. The minimum atomic E-state index is -1.15. The Bertz CT molecular complexity index is 437. The Morgan fingerprint density at radius 3 is 2.67 bits per heavy atom. The highest BCUT2D eigenvalue weighted by atomic mass is 19.1. The Kier molecular flexibility index (Phi) is 5.26. The number of benzene rings is 1. The molecule has 4 N–H and O–H groups in total. The van der Waals surface area contributed by atoms with E-state index < -0.39 is 18.7 Å². The van der Waals surface area contributed by atoms with Crippen molar-refractivity contribution < 1.29 is 19.1 Å². The molecule has 1 aromatic rings. The van der Waals surface area contributed by atoms with Gasteiger partial charge in [-0.25, -0.2) is 4.39 Å². The molecule has 1 aromatic carbocycles. The molecule has 0 heterocycles. The van der Waals surface area contributed by atoms with Gasteiger partial charge >= 0.3 is 5.97 Å². The summed E-state index contributed by atoms with van der Waals surface area (Å²) < 4.78 is 12.6. The first kappa shape index (κ1) is 14.1. The van der Waals surface area contributed by atoms with Gasteiger partial charge in [-0.05, 0) is 12.5 Å². The monoisotopic (exact) mass is 254 g/mol. The van der Waals surface area contributed by atoms with Gasteiger partial charge in [0.05, 0.1) is 0 Å². The molecule has 1 atom stereocenters. The van der Waals surface area contributed by atoms with E-state index in [1.54, 1.807) is 24.3 Å². The minimum Gasteiger partial charge on any atom is -0.480 e. The molecule has 0 bridgehead atoms. The second kappa shape index (κ2) is 6.70. The third kappa shape index (κ3) is 4.14. The summed E-state index contributed by atoms with van der Waals surface area (Å²) in [4.78, 5) is 22.0. The number of para-hydroxylation sites is 1. The van der Waals surface area contributed by atoms with Gasteiger partial charge in [-0.3, -0.25) is 9.59 Å². The Labute approximate surface area is 104 Å². The van der Waals surface area contributed by atoms with Crippen LogP contribution in [0.3, 0.4) is 0 Å². The van der Waals surface area contributed by atoms with Crippen LogP contribution in [-0.2, 0) is 16.3 Å². The highest BCUT2D eigenvalue weighted by molar-refractivity contribution is 5.91. The van der Waals surface area contributed by atoms with Gasteiger partial charge in [-0.2, -0.15) is 0 Å². The van der Waals surface area contributed by atoms with Crippen LogP contribution in [0.15, 0.2) is 24.3 Å². The smallest absolute Gasteiger partial charge is 0.320 e. The molecular weight excluding hydrogens is 239 g/mol. The molecule has 0 unspecified atom stereocenters. The number of carboxylic acids is 1. The van der Waals surface area contributed by atoms with E-state index >= 15 is 0 Å². The van der Waals surface area contributed by atoms with Gasteiger partial charge in [0.25, 0.3) is 0 Å². The van der Waals surface area contributed by atoms with E-state index in [0.717, 1.165) is 0 Å². The Balaban J connectivity index is 2.52. The van der Waals surface area contributed by atoms with Crippen LogP contribution in [0, 0.1) is 0 Å². The number of halogens is 1. The maximum atomic E-state index is 12.6. The van der Waals surface area contributed by atoms with Crippen molar-refractivity contribution >= 4 is 17.6 Å². The number of carbonyl (C=O) groups excluding carboxylic acids is 1. The molecule has 98 valence electrons. The van der Waals surface area contributed by atoms with Gasteiger partial charge in [0.1, 0.15) is 12.7 Å². The molecule has 0 radical (unpaired) electrons. The summed E-state index contributed by atoms with van der Waals surface area (Å²) in [5.41, 5.74) is 6.05. The summed E-state index contributed by atoms with van der Waals surface area (Å²) in [7, 11) is 0. The quantitative estimate of drug-likeness (QED) is 0.713. The van der Waals surface area contributed by atoms with E-state index in [2.05, 4.69) is 5.32 Å². The summed E-state index contributed by atoms with van der Waals surface area (Å²) in [5.74, 6) is -1.53. The molecule has 0 aliphatic rings. The fraction of sp³-hybridized carbons (Fsp3) is 0.333. The van der Waals surface area contributed by atoms with E-state index in [1.165, 1.54) is 0 Å². The number of nitrogens with two attached hydrogens (primary N) is 1. The van der Waals surface area contributed by atoms with Gasteiger partial charge in [0, 0.05) is 17.7 Å². The highest BCUT2D eigenvalue weighted by Crippen LogP contribution is 2.16. The lowest BCUT2D eigenvalue weighted by molar-refractivity contribution is -0.138. The molecule has 0 fully saturated rings. The van der Waals surface area contributed by atoms with Crippen molar-refractivity contribution in [3.63, 3.8) is 0 Å². The Morgan fingerprint density at radius 2 is 2.06 bits per heavy atom. The largest absolute Gasteiger partial charge is 0.480 e. The number of rotatable bonds is 6. The number of aliphatic carboxylic acids is 1. The number of anilines is 1. The molecular formula is C12H15FN2O3. The molecule has 0 aromatic heterocycles. The first-order chi connectivity index (χ1) is 8.54. The van der Waals surface area contributed by atoms with Crippen LogP contribution in [-0.4, -0.2) is 23.0 Å². The topological polar surface area (TPSA) is 92.4 Å².